The van der Waals surface area contributed by atoms with Gasteiger partial charge in [0.25, 0.3) is 0 Å². The second-order valence-electron chi connectivity index (χ2n) is 7.92. The Morgan fingerprint density at radius 3 is 2.68 bits per heavy atom. The lowest BCUT2D eigenvalue weighted by atomic mass is 10.1. The largest absolute Gasteiger partial charge is 0.340 e. The van der Waals surface area contributed by atoms with Gasteiger partial charge in [0.1, 0.15) is 0 Å². The number of hydrogen-bond acceptors (Lipinski definition) is 7. The summed E-state index contributed by atoms with van der Waals surface area (Å²) in [5, 5.41) is 6.14. The molecule has 0 spiro atoms. The predicted octanol–water partition coefficient (Wildman–Crippen LogP) is 3.20. The molecule has 0 radical (unpaired) electrons. The second-order valence-corrected chi connectivity index (χ2v) is 8.79. The van der Waals surface area contributed by atoms with Gasteiger partial charge in [-0.25, -0.2) is 4.98 Å². The zero-order chi connectivity index (χ0) is 21.4. The predicted molar refractivity (Wildman–Crippen MR) is 118 cm³/mol. The number of carbonyl (C=O) groups excluding carboxylic acids is 1. The molecule has 1 aliphatic rings. The van der Waals surface area contributed by atoms with E-state index in [0.29, 0.717) is 31.2 Å². The van der Waals surface area contributed by atoms with E-state index in [1.807, 2.05) is 51.3 Å². The van der Waals surface area contributed by atoms with Crippen molar-refractivity contribution in [1.29, 1.82) is 0 Å². The van der Waals surface area contributed by atoms with Crippen LogP contribution in [0.4, 0.5) is 0 Å². The van der Waals surface area contributed by atoms with Crippen LogP contribution in [-0.4, -0.2) is 61.4 Å². The molecule has 1 aromatic carbocycles. The van der Waals surface area contributed by atoms with Crippen LogP contribution < -0.4 is 0 Å². The number of imidazole rings is 1. The first-order chi connectivity index (χ1) is 15.1. The molecule has 160 valence electrons. The lowest BCUT2D eigenvalue weighted by Crippen LogP contribution is -2.49. The van der Waals surface area contributed by atoms with Crippen LogP contribution in [0.5, 0.6) is 0 Å². The van der Waals surface area contributed by atoms with Gasteiger partial charge in [0.15, 0.2) is 4.96 Å². The minimum atomic E-state index is 0.00359. The first kappa shape index (κ1) is 19.9. The van der Waals surface area contributed by atoms with Gasteiger partial charge in [-0.3, -0.25) is 14.1 Å². The van der Waals surface area contributed by atoms with Crippen LogP contribution in [0.3, 0.4) is 0 Å². The van der Waals surface area contributed by atoms with Crippen LogP contribution in [0.1, 0.15) is 30.1 Å². The number of amides is 1. The molecule has 3 aromatic heterocycles. The maximum absolute atomic E-state index is 12.7. The molecule has 1 atom stereocenters. The number of carbonyl (C=O) groups is 1. The zero-order valence-corrected chi connectivity index (χ0v) is 18.4. The topological polar surface area (TPSA) is 79.8 Å². The number of fused-ring (bicyclic) bond motifs is 1. The third-order valence-corrected chi connectivity index (χ3v) is 6.57. The van der Waals surface area contributed by atoms with Crippen molar-refractivity contribution in [1.82, 2.24) is 29.3 Å². The number of nitrogens with zero attached hydrogens (tertiary/aromatic N) is 6. The van der Waals surface area contributed by atoms with Gasteiger partial charge in [0.2, 0.25) is 17.6 Å². The monoisotopic (exact) mass is 436 g/mol. The van der Waals surface area contributed by atoms with E-state index in [1.54, 1.807) is 11.3 Å². The highest BCUT2D eigenvalue weighted by atomic mass is 32.1. The molecule has 4 heterocycles. The second kappa shape index (κ2) is 8.24. The number of aryl methyl sites for hydroxylation is 1. The van der Waals surface area contributed by atoms with Gasteiger partial charge in [-0.2, -0.15) is 4.98 Å². The number of thiazole rings is 1. The highest BCUT2D eigenvalue weighted by Gasteiger charge is 2.28. The van der Waals surface area contributed by atoms with Gasteiger partial charge in [0.05, 0.1) is 18.2 Å². The molecule has 0 saturated carbocycles. The maximum atomic E-state index is 12.7. The summed E-state index contributed by atoms with van der Waals surface area (Å²) in [6.07, 6.45) is 4.24. The first-order valence-electron chi connectivity index (χ1n) is 10.4. The Morgan fingerprint density at radius 2 is 1.94 bits per heavy atom. The molecule has 1 fully saturated rings. The summed E-state index contributed by atoms with van der Waals surface area (Å²) in [7, 11) is 0. The molecule has 0 bridgehead atoms. The smallest absolute Gasteiger partial charge is 0.244 e. The van der Waals surface area contributed by atoms with Crippen molar-refractivity contribution in [3.8, 4) is 11.4 Å². The molecule has 5 rings (SSSR count). The summed E-state index contributed by atoms with van der Waals surface area (Å²) < 4.78 is 7.51. The van der Waals surface area contributed by atoms with Crippen LogP contribution in [0.25, 0.3) is 16.3 Å². The van der Waals surface area contributed by atoms with Crippen LogP contribution >= 0.6 is 11.3 Å². The van der Waals surface area contributed by atoms with Crippen molar-refractivity contribution >= 4 is 22.2 Å². The summed E-state index contributed by atoms with van der Waals surface area (Å²) >= 11 is 1.57. The van der Waals surface area contributed by atoms with Gasteiger partial charge in [0, 0.05) is 49.5 Å². The fourth-order valence-corrected chi connectivity index (χ4v) is 4.59. The van der Waals surface area contributed by atoms with Gasteiger partial charge in [-0.05, 0) is 13.8 Å². The maximum Gasteiger partial charge on any atom is 0.244 e. The highest BCUT2D eigenvalue weighted by molar-refractivity contribution is 7.15. The van der Waals surface area contributed by atoms with E-state index >= 15 is 0 Å². The van der Waals surface area contributed by atoms with E-state index in [2.05, 4.69) is 33.9 Å². The molecule has 9 heteroatoms. The minimum absolute atomic E-state index is 0.00359. The van der Waals surface area contributed by atoms with E-state index in [4.69, 9.17) is 4.52 Å². The minimum Gasteiger partial charge on any atom is -0.340 e. The number of rotatable bonds is 5. The van der Waals surface area contributed by atoms with Crippen molar-refractivity contribution in [2.24, 2.45) is 0 Å². The van der Waals surface area contributed by atoms with Crippen molar-refractivity contribution in [3.63, 3.8) is 0 Å². The van der Waals surface area contributed by atoms with Crippen LogP contribution in [-0.2, 0) is 11.2 Å². The Morgan fingerprint density at radius 1 is 1.16 bits per heavy atom. The van der Waals surface area contributed by atoms with Gasteiger partial charge >= 0.3 is 0 Å². The summed E-state index contributed by atoms with van der Waals surface area (Å²) in [6.45, 7) is 7.03. The lowest BCUT2D eigenvalue weighted by molar-refractivity contribution is -0.132. The number of hydrogen-bond donors (Lipinski definition) is 0. The Hall–Kier alpha value is -3.04. The Kier molecular flexibility index (Phi) is 5.29. The SMILES string of the molecule is Cc1ccc(-c2noc(C(C)N3CCN(C(=O)Cc4cn5ccsc5n4)CC3)n2)cc1. The van der Waals surface area contributed by atoms with Crippen LogP contribution in [0.15, 0.2) is 46.6 Å². The first-order valence-corrected chi connectivity index (χ1v) is 11.3. The van der Waals surface area contributed by atoms with E-state index < -0.39 is 0 Å². The van der Waals surface area contributed by atoms with Crippen molar-refractivity contribution in [2.75, 3.05) is 26.2 Å². The molecule has 0 N–H and O–H groups in total. The molecule has 0 aliphatic carbocycles. The van der Waals surface area contributed by atoms with E-state index in [1.165, 1.54) is 5.56 Å². The molecule has 1 aliphatic heterocycles. The number of piperazine rings is 1. The highest BCUT2D eigenvalue weighted by Crippen LogP contribution is 2.24. The molecular weight excluding hydrogens is 412 g/mol. The zero-order valence-electron chi connectivity index (χ0n) is 17.6. The molecule has 1 amide bonds. The average molecular weight is 437 g/mol. The van der Waals surface area contributed by atoms with Crippen molar-refractivity contribution in [3.05, 3.63) is 59.2 Å². The van der Waals surface area contributed by atoms with Crippen molar-refractivity contribution < 1.29 is 9.32 Å². The lowest BCUT2D eigenvalue weighted by Gasteiger charge is -2.36. The van der Waals surface area contributed by atoms with E-state index in [0.717, 1.165) is 29.3 Å². The summed E-state index contributed by atoms with van der Waals surface area (Å²) in [6, 6.07) is 8.09. The fourth-order valence-electron chi connectivity index (χ4n) is 3.87. The standard InChI is InChI=1S/C22H24N6O2S/c1-15-3-5-17(6-4-15)20-24-21(30-25-20)16(2)26-7-9-27(10-8-26)19(29)13-18-14-28-11-12-31-22(28)23-18/h3-6,11-12,14,16H,7-10,13H2,1-2H3. The normalized spacial score (nSPS) is 16.1. The van der Waals surface area contributed by atoms with Crippen LogP contribution in [0, 0.1) is 6.92 Å². The van der Waals surface area contributed by atoms with E-state index in [-0.39, 0.29) is 11.9 Å². The molecular formula is C22H24N6O2S. The number of aromatic nitrogens is 4. The third kappa shape index (κ3) is 4.11. The van der Waals surface area contributed by atoms with Gasteiger partial charge in [-0.1, -0.05) is 35.0 Å². The molecule has 1 saturated heterocycles. The Labute approximate surface area is 184 Å². The molecule has 31 heavy (non-hydrogen) atoms. The third-order valence-electron chi connectivity index (χ3n) is 5.80. The average Bonchev–Trinajstić information content (AvgIpc) is 3.50. The van der Waals surface area contributed by atoms with Gasteiger partial charge in [-0.15, -0.1) is 11.3 Å². The van der Waals surface area contributed by atoms with Crippen LogP contribution in [0.2, 0.25) is 0 Å². The quantitative estimate of drug-likeness (QED) is 0.478. The fraction of sp³-hybridized carbons (Fsp3) is 0.364. The summed E-state index contributed by atoms with van der Waals surface area (Å²) in [4.78, 5) is 27.0. The van der Waals surface area contributed by atoms with Gasteiger partial charge < -0.3 is 9.42 Å². The molecule has 1 unspecified atom stereocenters. The molecule has 8 nitrogen and oxygen atoms in total. The van der Waals surface area contributed by atoms with Crippen molar-refractivity contribution in [2.45, 2.75) is 26.3 Å². The Bertz CT molecular complexity index is 1160. The summed E-state index contributed by atoms with van der Waals surface area (Å²) in [5.41, 5.74) is 2.96. The Balaban J connectivity index is 1.17. The molecule has 4 aromatic rings. The van der Waals surface area contributed by atoms with E-state index in [9.17, 15) is 4.79 Å². The number of benzene rings is 1. The summed E-state index contributed by atoms with van der Waals surface area (Å²) in [5.74, 6) is 1.33.